The molecule has 0 aliphatic heterocycles. The Morgan fingerprint density at radius 1 is 1.13 bits per heavy atom. The molecule has 0 spiro atoms. The van der Waals surface area contributed by atoms with Gasteiger partial charge in [0.15, 0.2) is 5.69 Å². The Bertz CT molecular complexity index is 1030. The van der Waals surface area contributed by atoms with E-state index in [0.29, 0.717) is 21.6 Å². The number of aromatic hydroxyl groups is 1. The standard InChI is InChI=1S/C14H11ClN4O3S/c15-10-3-1-2-4-12(10)18-19-13-9-7-8(23(16,21)22)5-6-11(9)17-14(13)20/h1-7,17,20H,(H2,16,21,22). The number of aromatic amines is 1. The monoisotopic (exact) mass is 350 g/mol. The van der Waals surface area contributed by atoms with Gasteiger partial charge in [0.25, 0.3) is 0 Å². The molecule has 4 N–H and O–H groups in total. The van der Waals surface area contributed by atoms with Crippen molar-refractivity contribution >= 4 is 43.9 Å². The number of azo groups is 1. The van der Waals surface area contributed by atoms with Crippen LogP contribution in [0.3, 0.4) is 0 Å². The van der Waals surface area contributed by atoms with Crippen LogP contribution in [0, 0.1) is 0 Å². The van der Waals surface area contributed by atoms with Crippen LogP contribution in [-0.2, 0) is 10.0 Å². The van der Waals surface area contributed by atoms with E-state index in [1.54, 1.807) is 24.3 Å². The van der Waals surface area contributed by atoms with Crippen molar-refractivity contribution in [2.45, 2.75) is 4.90 Å². The van der Waals surface area contributed by atoms with Crippen LogP contribution in [0.1, 0.15) is 0 Å². The quantitative estimate of drug-likeness (QED) is 0.625. The van der Waals surface area contributed by atoms with Crippen molar-refractivity contribution in [2.75, 3.05) is 0 Å². The minimum Gasteiger partial charge on any atom is -0.493 e. The second-order valence-electron chi connectivity index (χ2n) is 4.73. The zero-order valence-corrected chi connectivity index (χ0v) is 13.1. The van der Waals surface area contributed by atoms with Crippen LogP contribution in [0.4, 0.5) is 11.4 Å². The first-order valence-corrected chi connectivity index (χ1v) is 8.32. The van der Waals surface area contributed by atoms with Crippen molar-refractivity contribution in [3.05, 3.63) is 47.5 Å². The average Bonchev–Trinajstić information content (AvgIpc) is 2.80. The fraction of sp³-hybridized carbons (Fsp3) is 0. The van der Waals surface area contributed by atoms with E-state index >= 15 is 0 Å². The molecule has 1 heterocycles. The maximum absolute atomic E-state index is 11.5. The molecule has 7 nitrogen and oxygen atoms in total. The Morgan fingerprint density at radius 2 is 1.87 bits per heavy atom. The van der Waals surface area contributed by atoms with E-state index < -0.39 is 10.0 Å². The Morgan fingerprint density at radius 3 is 2.57 bits per heavy atom. The zero-order valence-electron chi connectivity index (χ0n) is 11.6. The first-order chi connectivity index (χ1) is 10.9. The molecule has 0 amide bonds. The Labute approximate surface area is 136 Å². The van der Waals surface area contributed by atoms with Gasteiger partial charge in [-0.3, -0.25) is 0 Å². The third-order valence-corrected chi connectivity index (χ3v) is 4.39. The summed E-state index contributed by atoms with van der Waals surface area (Å²) in [4.78, 5) is 2.60. The highest BCUT2D eigenvalue weighted by Gasteiger charge is 2.15. The normalized spacial score (nSPS) is 12.3. The number of fused-ring (bicyclic) bond motifs is 1. The Hall–Kier alpha value is -2.42. The summed E-state index contributed by atoms with van der Waals surface area (Å²) in [6, 6.07) is 11.0. The van der Waals surface area contributed by atoms with Gasteiger partial charge in [0.2, 0.25) is 15.9 Å². The summed E-state index contributed by atoms with van der Waals surface area (Å²) in [5, 5.41) is 23.8. The summed E-state index contributed by atoms with van der Waals surface area (Å²) in [6.45, 7) is 0. The molecule has 9 heteroatoms. The molecular weight excluding hydrogens is 340 g/mol. The summed E-state index contributed by atoms with van der Waals surface area (Å²) in [6.07, 6.45) is 0. The third kappa shape index (κ3) is 3.04. The number of rotatable bonds is 3. The van der Waals surface area contributed by atoms with Crippen molar-refractivity contribution in [1.82, 2.24) is 4.98 Å². The maximum atomic E-state index is 11.5. The van der Waals surface area contributed by atoms with Crippen LogP contribution in [0.2, 0.25) is 5.02 Å². The fourth-order valence-electron chi connectivity index (χ4n) is 2.06. The van der Waals surface area contributed by atoms with Crippen molar-refractivity contribution in [1.29, 1.82) is 0 Å². The van der Waals surface area contributed by atoms with Gasteiger partial charge in [0.1, 0.15) is 5.69 Å². The molecule has 0 unspecified atom stereocenters. The first-order valence-electron chi connectivity index (χ1n) is 6.40. The van der Waals surface area contributed by atoms with E-state index in [9.17, 15) is 13.5 Å². The van der Waals surface area contributed by atoms with Gasteiger partial charge in [0, 0.05) is 5.39 Å². The molecule has 0 aliphatic rings. The molecule has 0 atom stereocenters. The van der Waals surface area contributed by atoms with Gasteiger partial charge in [-0.15, -0.1) is 10.2 Å². The van der Waals surface area contributed by atoms with Crippen LogP contribution in [0.25, 0.3) is 10.9 Å². The van der Waals surface area contributed by atoms with E-state index in [4.69, 9.17) is 16.7 Å². The molecule has 0 fully saturated rings. The van der Waals surface area contributed by atoms with Crippen molar-refractivity contribution in [3.8, 4) is 5.88 Å². The van der Waals surface area contributed by atoms with E-state index in [-0.39, 0.29) is 16.5 Å². The van der Waals surface area contributed by atoms with Gasteiger partial charge < -0.3 is 10.1 Å². The number of nitrogens with one attached hydrogen (secondary N) is 1. The van der Waals surface area contributed by atoms with E-state index in [1.807, 2.05) is 0 Å². The molecule has 23 heavy (non-hydrogen) atoms. The molecule has 1 aromatic heterocycles. The molecule has 0 bridgehead atoms. The van der Waals surface area contributed by atoms with Crippen LogP contribution >= 0.6 is 11.6 Å². The topological polar surface area (TPSA) is 121 Å². The van der Waals surface area contributed by atoms with Crippen molar-refractivity contribution in [2.24, 2.45) is 15.4 Å². The van der Waals surface area contributed by atoms with Crippen LogP contribution < -0.4 is 5.14 Å². The molecule has 0 saturated heterocycles. The summed E-state index contributed by atoms with van der Waals surface area (Å²) in [7, 11) is -3.86. The van der Waals surface area contributed by atoms with Gasteiger partial charge in [-0.2, -0.15) is 0 Å². The highest BCUT2D eigenvalue weighted by atomic mass is 35.5. The second-order valence-corrected chi connectivity index (χ2v) is 6.69. The predicted octanol–water partition coefficient (Wildman–Crippen LogP) is 3.59. The lowest BCUT2D eigenvalue weighted by atomic mass is 10.2. The maximum Gasteiger partial charge on any atom is 0.238 e. The van der Waals surface area contributed by atoms with Gasteiger partial charge >= 0.3 is 0 Å². The number of sulfonamides is 1. The molecule has 3 aromatic rings. The molecule has 0 saturated carbocycles. The van der Waals surface area contributed by atoms with Crippen molar-refractivity contribution in [3.63, 3.8) is 0 Å². The highest BCUT2D eigenvalue weighted by molar-refractivity contribution is 7.89. The number of benzene rings is 2. The number of nitrogens with two attached hydrogens (primary N) is 1. The van der Waals surface area contributed by atoms with Crippen LogP contribution in [-0.4, -0.2) is 18.5 Å². The molecule has 0 aliphatic carbocycles. The molecule has 2 aromatic carbocycles. The SMILES string of the molecule is NS(=O)(=O)c1ccc2[nH]c(O)c(N=Nc3ccccc3Cl)c2c1. The smallest absolute Gasteiger partial charge is 0.238 e. The summed E-state index contributed by atoms with van der Waals surface area (Å²) < 4.78 is 22.9. The van der Waals surface area contributed by atoms with Gasteiger partial charge in [-0.25, -0.2) is 13.6 Å². The van der Waals surface area contributed by atoms with Gasteiger partial charge in [0.05, 0.1) is 15.4 Å². The van der Waals surface area contributed by atoms with Gasteiger partial charge in [-0.1, -0.05) is 23.7 Å². The number of primary sulfonamides is 1. The summed E-state index contributed by atoms with van der Waals surface area (Å²) >= 11 is 5.99. The lowest BCUT2D eigenvalue weighted by Crippen LogP contribution is -2.11. The van der Waals surface area contributed by atoms with Gasteiger partial charge in [-0.05, 0) is 30.3 Å². The lowest BCUT2D eigenvalue weighted by Gasteiger charge is -1.98. The number of aromatic nitrogens is 1. The lowest BCUT2D eigenvalue weighted by molar-refractivity contribution is 0.459. The van der Waals surface area contributed by atoms with Crippen molar-refractivity contribution < 1.29 is 13.5 Å². The summed E-state index contributed by atoms with van der Waals surface area (Å²) in [5.41, 5.74) is 1.03. The minimum atomic E-state index is -3.86. The second kappa shape index (κ2) is 5.65. The van der Waals surface area contributed by atoms with E-state index in [1.165, 1.54) is 18.2 Å². The minimum absolute atomic E-state index is 0.0850. The van der Waals surface area contributed by atoms with E-state index in [0.717, 1.165) is 0 Å². The van der Waals surface area contributed by atoms with Crippen LogP contribution in [0.5, 0.6) is 5.88 Å². The largest absolute Gasteiger partial charge is 0.493 e. The number of nitrogens with zero attached hydrogens (tertiary/aromatic N) is 2. The van der Waals surface area contributed by atoms with Crippen LogP contribution in [0.15, 0.2) is 57.6 Å². The number of hydrogen-bond acceptors (Lipinski definition) is 5. The molecular formula is C14H11ClN4O3S. The number of hydrogen-bond donors (Lipinski definition) is 3. The highest BCUT2D eigenvalue weighted by Crippen LogP contribution is 2.37. The molecule has 3 rings (SSSR count). The van der Waals surface area contributed by atoms with E-state index in [2.05, 4.69) is 15.2 Å². The number of halogens is 1. The Kier molecular flexibility index (Phi) is 3.80. The zero-order chi connectivity index (χ0) is 16.6. The molecule has 118 valence electrons. The Balaban J connectivity index is 2.13. The number of H-pyrrole nitrogens is 1. The first kappa shape index (κ1) is 15.5. The third-order valence-electron chi connectivity index (χ3n) is 3.16. The fourth-order valence-corrected chi connectivity index (χ4v) is 2.77. The average molecular weight is 351 g/mol. The predicted molar refractivity (Wildman–Crippen MR) is 87.0 cm³/mol. The molecule has 0 radical (unpaired) electrons. The summed E-state index contributed by atoms with van der Waals surface area (Å²) in [5.74, 6) is -0.234.